The van der Waals surface area contributed by atoms with Crippen molar-refractivity contribution >= 4 is 27.3 Å². The molecule has 0 aliphatic rings. The first-order valence-electron chi connectivity index (χ1n) is 5.22. The summed E-state index contributed by atoms with van der Waals surface area (Å²) in [4.78, 5) is 10.7. The zero-order valence-corrected chi connectivity index (χ0v) is 11.6. The van der Waals surface area contributed by atoms with Gasteiger partial charge in [-0.05, 0) is 34.5 Å². The lowest BCUT2D eigenvalue weighted by atomic mass is 10.3. The average molecular weight is 301 g/mol. The van der Waals surface area contributed by atoms with Gasteiger partial charge in [0.05, 0.1) is 0 Å². The second-order valence-electron chi connectivity index (χ2n) is 3.82. The number of aromatic carboxylic acids is 1. The molecule has 0 aliphatic carbocycles. The van der Waals surface area contributed by atoms with Crippen LogP contribution >= 0.6 is 11.3 Å². The van der Waals surface area contributed by atoms with E-state index in [1.54, 1.807) is 0 Å². The predicted molar refractivity (Wildman–Crippen MR) is 68.6 cm³/mol. The van der Waals surface area contributed by atoms with Gasteiger partial charge in [-0.2, -0.15) is 15.6 Å². The van der Waals surface area contributed by atoms with Crippen LogP contribution in [0.4, 0.5) is 0 Å². The topological polar surface area (TPSA) is 87.8 Å². The van der Waals surface area contributed by atoms with Crippen LogP contribution in [0.25, 0.3) is 0 Å². The highest BCUT2D eigenvalue weighted by Crippen LogP contribution is 2.20. The van der Waals surface area contributed by atoms with Crippen molar-refractivity contribution in [2.24, 2.45) is 0 Å². The number of carboxylic acids is 1. The molecule has 19 heavy (non-hydrogen) atoms. The molecule has 2 aromatic rings. The van der Waals surface area contributed by atoms with Gasteiger partial charge in [-0.15, -0.1) is 0 Å². The Morgan fingerprint density at radius 1 is 1.42 bits per heavy atom. The summed E-state index contributed by atoms with van der Waals surface area (Å²) in [5.74, 6) is -1.70. The Morgan fingerprint density at radius 3 is 2.68 bits per heavy atom. The lowest BCUT2D eigenvalue weighted by molar-refractivity contribution is 0.0656. The molecule has 0 aromatic carbocycles. The van der Waals surface area contributed by atoms with Gasteiger partial charge in [0, 0.05) is 13.6 Å². The van der Waals surface area contributed by atoms with Crippen LogP contribution in [-0.4, -0.2) is 30.8 Å². The van der Waals surface area contributed by atoms with Crippen molar-refractivity contribution in [2.45, 2.75) is 11.6 Å². The Bertz CT molecular complexity index is 672. The van der Waals surface area contributed by atoms with E-state index < -0.39 is 21.8 Å². The minimum Gasteiger partial charge on any atom is -0.475 e. The van der Waals surface area contributed by atoms with E-state index in [9.17, 15) is 13.2 Å². The fourth-order valence-electron chi connectivity index (χ4n) is 1.45. The van der Waals surface area contributed by atoms with Crippen molar-refractivity contribution < 1.29 is 22.7 Å². The summed E-state index contributed by atoms with van der Waals surface area (Å²) >= 11 is 1.47. The van der Waals surface area contributed by atoms with Gasteiger partial charge >= 0.3 is 5.97 Å². The molecule has 1 N–H and O–H groups in total. The maximum absolute atomic E-state index is 12.1. The zero-order chi connectivity index (χ0) is 14.0. The molecule has 6 nitrogen and oxygen atoms in total. The molecule has 2 rings (SSSR count). The van der Waals surface area contributed by atoms with Crippen LogP contribution in [0.2, 0.25) is 0 Å². The molecule has 8 heteroatoms. The number of carbonyl (C=O) groups is 1. The van der Waals surface area contributed by atoms with Crippen LogP contribution < -0.4 is 0 Å². The number of hydrogen-bond donors (Lipinski definition) is 1. The maximum Gasteiger partial charge on any atom is 0.371 e. The molecular formula is C11H11NO5S2. The number of carboxylic acid groups (broad SMARTS) is 1. The van der Waals surface area contributed by atoms with E-state index in [4.69, 9.17) is 9.52 Å². The molecule has 2 heterocycles. The number of hydrogen-bond acceptors (Lipinski definition) is 5. The van der Waals surface area contributed by atoms with Gasteiger partial charge in [0.1, 0.15) is 0 Å². The Morgan fingerprint density at radius 2 is 2.16 bits per heavy atom. The molecule has 102 valence electrons. The zero-order valence-electron chi connectivity index (χ0n) is 9.94. The summed E-state index contributed by atoms with van der Waals surface area (Å²) in [5.41, 5.74) is 0.862. The van der Waals surface area contributed by atoms with Crippen molar-refractivity contribution in [1.29, 1.82) is 0 Å². The molecule has 0 atom stereocenters. The summed E-state index contributed by atoms with van der Waals surface area (Å²) < 4.78 is 30.2. The molecule has 0 amide bonds. The van der Waals surface area contributed by atoms with Crippen LogP contribution in [0.15, 0.2) is 38.5 Å². The fourth-order valence-corrected chi connectivity index (χ4v) is 3.17. The molecule has 0 saturated carbocycles. The molecule has 0 spiro atoms. The number of furan rings is 1. The normalized spacial score (nSPS) is 11.9. The van der Waals surface area contributed by atoms with E-state index in [1.807, 2.05) is 16.8 Å². The third kappa shape index (κ3) is 2.86. The fraction of sp³-hybridized carbons (Fsp3) is 0.182. The maximum atomic E-state index is 12.1. The van der Waals surface area contributed by atoms with Gasteiger partial charge in [0.15, 0.2) is 0 Å². The minimum atomic E-state index is -3.82. The van der Waals surface area contributed by atoms with Crippen molar-refractivity contribution in [3.8, 4) is 0 Å². The van der Waals surface area contributed by atoms with E-state index in [2.05, 4.69) is 0 Å². The summed E-state index contributed by atoms with van der Waals surface area (Å²) in [6, 6.07) is 4.08. The molecule has 0 saturated heterocycles. The number of rotatable bonds is 5. The summed E-state index contributed by atoms with van der Waals surface area (Å²) in [6.45, 7) is 0.203. The van der Waals surface area contributed by atoms with E-state index in [0.29, 0.717) is 0 Å². The van der Waals surface area contributed by atoms with Crippen molar-refractivity contribution in [2.75, 3.05) is 7.05 Å². The number of sulfonamides is 1. The van der Waals surface area contributed by atoms with Gasteiger partial charge < -0.3 is 9.52 Å². The molecule has 2 aromatic heterocycles. The van der Waals surface area contributed by atoms with E-state index in [1.165, 1.54) is 18.4 Å². The third-order valence-electron chi connectivity index (χ3n) is 2.44. The molecule has 0 fully saturated rings. The van der Waals surface area contributed by atoms with Crippen LogP contribution in [0.5, 0.6) is 0 Å². The second kappa shape index (κ2) is 5.16. The molecule has 0 bridgehead atoms. The van der Waals surface area contributed by atoms with Crippen molar-refractivity contribution in [3.63, 3.8) is 0 Å². The molecule has 0 aliphatic heterocycles. The first-order valence-corrected chi connectivity index (χ1v) is 7.60. The summed E-state index contributed by atoms with van der Waals surface area (Å²) in [6.07, 6.45) is 0. The van der Waals surface area contributed by atoms with Crippen molar-refractivity contribution in [1.82, 2.24) is 4.31 Å². The van der Waals surface area contributed by atoms with Gasteiger partial charge in [-0.25, -0.2) is 13.2 Å². The monoisotopic (exact) mass is 301 g/mol. The molecular weight excluding hydrogens is 290 g/mol. The van der Waals surface area contributed by atoms with Crippen LogP contribution in [0.1, 0.15) is 16.1 Å². The summed E-state index contributed by atoms with van der Waals surface area (Å²) in [7, 11) is -2.41. The van der Waals surface area contributed by atoms with Crippen LogP contribution in [0.3, 0.4) is 0 Å². The summed E-state index contributed by atoms with van der Waals surface area (Å²) in [5, 5.41) is 12.0. The Balaban J connectivity index is 2.23. The van der Waals surface area contributed by atoms with E-state index in [-0.39, 0.29) is 11.6 Å². The van der Waals surface area contributed by atoms with E-state index >= 15 is 0 Å². The predicted octanol–water partition coefficient (Wildman–Crippen LogP) is 1.86. The lowest BCUT2D eigenvalue weighted by Crippen LogP contribution is -2.25. The third-order valence-corrected chi connectivity index (χ3v) is 4.85. The Hall–Kier alpha value is -1.64. The Labute approximate surface area is 113 Å². The van der Waals surface area contributed by atoms with Gasteiger partial charge in [-0.1, -0.05) is 0 Å². The number of thiophene rings is 1. The second-order valence-corrected chi connectivity index (χ2v) is 6.57. The lowest BCUT2D eigenvalue weighted by Gasteiger charge is -2.14. The minimum absolute atomic E-state index is 0.203. The van der Waals surface area contributed by atoms with Gasteiger partial charge in [0.25, 0.3) is 10.0 Å². The Kier molecular flexibility index (Phi) is 3.74. The first kappa shape index (κ1) is 13.8. The first-order chi connectivity index (χ1) is 8.91. The highest BCUT2D eigenvalue weighted by molar-refractivity contribution is 7.88. The number of nitrogens with zero attached hydrogens (tertiary/aromatic N) is 1. The standard InChI is InChI=1S/C11H11NO5S2/c1-12(6-8-4-5-18-7-8)19(15,16)10-3-2-9(17-10)11(13)14/h2-5,7H,6H2,1H3,(H,13,14). The van der Waals surface area contributed by atoms with E-state index in [0.717, 1.165) is 22.0 Å². The van der Waals surface area contributed by atoms with Gasteiger partial charge in [0.2, 0.25) is 10.9 Å². The van der Waals surface area contributed by atoms with Gasteiger partial charge in [-0.3, -0.25) is 0 Å². The SMILES string of the molecule is CN(Cc1ccsc1)S(=O)(=O)c1ccc(C(=O)O)o1. The van der Waals surface area contributed by atoms with Crippen LogP contribution in [-0.2, 0) is 16.6 Å². The van der Waals surface area contributed by atoms with Crippen LogP contribution in [0, 0.1) is 0 Å². The smallest absolute Gasteiger partial charge is 0.371 e. The molecule has 0 radical (unpaired) electrons. The van der Waals surface area contributed by atoms with Crippen molar-refractivity contribution in [3.05, 3.63) is 40.3 Å². The molecule has 0 unspecified atom stereocenters. The highest BCUT2D eigenvalue weighted by Gasteiger charge is 2.26. The largest absolute Gasteiger partial charge is 0.475 e. The highest BCUT2D eigenvalue weighted by atomic mass is 32.2. The average Bonchev–Trinajstić information content (AvgIpc) is 2.99. The quantitative estimate of drug-likeness (QED) is 0.910.